The van der Waals surface area contributed by atoms with Gasteiger partial charge in [0.1, 0.15) is 0 Å². The SMILES string of the molecule is CC1NCC2(CCS(=O)(=O)CC2)OC1C. The summed E-state index contributed by atoms with van der Waals surface area (Å²) in [6, 6.07) is 0.356. The number of sulfone groups is 1. The third-order valence-electron chi connectivity index (χ3n) is 3.62. The van der Waals surface area contributed by atoms with Crippen LogP contribution in [-0.2, 0) is 14.6 Å². The minimum atomic E-state index is -2.80. The second-order valence-corrected chi connectivity index (χ2v) is 7.13. The summed E-state index contributed by atoms with van der Waals surface area (Å²) in [7, 11) is -2.80. The van der Waals surface area contributed by atoms with Gasteiger partial charge in [-0.3, -0.25) is 0 Å². The van der Waals surface area contributed by atoms with E-state index in [0.29, 0.717) is 18.9 Å². The average molecular weight is 233 g/mol. The summed E-state index contributed by atoms with van der Waals surface area (Å²) >= 11 is 0. The van der Waals surface area contributed by atoms with E-state index in [2.05, 4.69) is 12.2 Å². The van der Waals surface area contributed by atoms with Gasteiger partial charge in [0.25, 0.3) is 0 Å². The molecule has 0 radical (unpaired) electrons. The van der Waals surface area contributed by atoms with Crippen LogP contribution >= 0.6 is 0 Å². The Hall–Kier alpha value is -0.130. The lowest BCUT2D eigenvalue weighted by atomic mass is 9.93. The van der Waals surface area contributed by atoms with Crippen molar-refractivity contribution >= 4 is 9.84 Å². The molecule has 2 saturated heterocycles. The van der Waals surface area contributed by atoms with Gasteiger partial charge in [-0.25, -0.2) is 8.42 Å². The molecule has 0 aliphatic carbocycles. The van der Waals surface area contributed by atoms with E-state index in [4.69, 9.17) is 4.74 Å². The fraction of sp³-hybridized carbons (Fsp3) is 1.00. The van der Waals surface area contributed by atoms with Crippen LogP contribution in [0.15, 0.2) is 0 Å². The van der Waals surface area contributed by atoms with Gasteiger partial charge in [-0.15, -0.1) is 0 Å². The van der Waals surface area contributed by atoms with Gasteiger partial charge in [0.2, 0.25) is 0 Å². The van der Waals surface area contributed by atoms with Crippen molar-refractivity contribution < 1.29 is 13.2 Å². The molecule has 1 N–H and O–H groups in total. The molecule has 4 nitrogen and oxygen atoms in total. The van der Waals surface area contributed by atoms with E-state index < -0.39 is 9.84 Å². The van der Waals surface area contributed by atoms with Gasteiger partial charge >= 0.3 is 0 Å². The Labute approximate surface area is 91.3 Å². The molecule has 5 heteroatoms. The van der Waals surface area contributed by atoms with E-state index >= 15 is 0 Å². The van der Waals surface area contributed by atoms with Gasteiger partial charge < -0.3 is 10.1 Å². The molecule has 2 heterocycles. The van der Waals surface area contributed by atoms with Crippen molar-refractivity contribution in [3.8, 4) is 0 Å². The quantitative estimate of drug-likeness (QED) is 0.655. The molecule has 1 spiro atoms. The molecule has 88 valence electrons. The summed E-state index contributed by atoms with van der Waals surface area (Å²) in [5, 5.41) is 3.40. The molecule has 15 heavy (non-hydrogen) atoms. The number of rotatable bonds is 0. The molecule has 0 saturated carbocycles. The maximum absolute atomic E-state index is 11.3. The average Bonchev–Trinajstić information content (AvgIpc) is 2.18. The van der Waals surface area contributed by atoms with Gasteiger partial charge in [0, 0.05) is 12.6 Å². The van der Waals surface area contributed by atoms with Crippen molar-refractivity contribution in [1.82, 2.24) is 5.32 Å². The van der Waals surface area contributed by atoms with Crippen LogP contribution in [0.5, 0.6) is 0 Å². The van der Waals surface area contributed by atoms with Crippen LogP contribution in [-0.4, -0.2) is 44.2 Å². The molecule has 0 aromatic rings. The standard InChI is InChI=1S/C10H19NO3S/c1-8-9(2)14-10(7-11-8)3-5-15(12,13)6-4-10/h8-9,11H,3-7H2,1-2H3. The summed E-state index contributed by atoms with van der Waals surface area (Å²) in [5.74, 6) is 0.547. The number of ether oxygens (including phenoxy) is 1. The highest BCUT2D eigenvalue weighted by Crippen LogP contribution is 2.31. The molecule has 0 aromatic heterocycles. The van der Waals surface area contributed by atoms with E-state index in [1.807, 2.05) is 6.92 Å². The third-order valence-corrected chi connectivity index (χ3v) is 5.28. The lowest BCUT2D eigenvalue weighted by molar-refractivity contribution is -0.129. The highest BCUT2D eigenvalue weighted by molar-refractivity contribution is 7.91. The molecule has 2 unspecified atom stereocenters. The highest BCUT2D eigenvalue weighted by Gasteiger charge is 2.42. The lowest BCUT2D eigenvalue weighted by Crippen LogP contribution is -2.59. The fourth-order valence-electron chi connectivity index (χ4n) is 2.26. The van der Waals surface area contributed by atoms with Gasteiger partial charge in [-0.2, -0.15) is 0 Å². The molecular formula is C10H19NO3S. The summed E-state index contributed by atoms with van der Waals surface area (Å²) in [6.07, 6.45) is 1.44. The first-order chi connectivity index (χ1) is 6.93. The first kappa shape index (κ1) is 11.4. The molecule has 2 aliphatic rings. The van der Waals surface area contributed by atoms with Crippen molar-refractivity contribution in [3.05, 3.63) is 0 Å². The summed E-state index contributed by atoms with van der Waals surface area (Å²) in [5.41, 5.74) is -0.225. The normalized spacial score (nSPS) is 39.1. The van der Waals surface area contributed by atoms with Crippen molar-refractivity contribution in [2.45, 2.75) is 44.4 Å². The Kier molecular flexibility index (Phi) is 2.81. The van der Waals surface area contributed by atoms with Gasteiger partial charge in [0.05, 0.1) is 23.2 Å². The smallest absolute Gasteiger partial charge is 0.150 e. The highest BCUT2D eigenvalue weighted by atomic mass is 32.2. The van der Waals surface area contributed by atoms with Crippen molar-refractivity contribution in [1.29, 1.82) is 0 Å². The van der Waals surface area contributed by atoms with Gasteiger partial charge in [0.15, 0.2) is 9.84 Å². The van der Waals surface area contributed by atoms with Crippen LogP contribution in [0.25, 0.3) is 0 Å². The van der Waals surface area contributed by atoms with E-state index in [9.17, 15) is 8.42 Å². The first-order valence-electron chi connectivity index (χ1n) is 5.54. The zero-order valence-electron chi connectivity index (χ0n) is 9.32. The molecule has 2 atom stereocenters. The Morgan fingerprint density at radius 3 is 2.40 bits per heavy atom. The Bertz CT molecular complexity index is 325. The Morgan fingerprint density at radius 2 is 1.87 bits per heavy atom. The Balaban J connectivity index is 2.04. The van der Waals surface area contributed by atoms with Gasteiger partial charge in [-0.1, -0.05) is 0 Å². The predicted octanol–water partition coefficient (Wildman–Crippen LogP) is 0.331. The summed E-state index contributed by atoms with van der Waals surface area (Å²) in [6.45, 7) is 4.92. The van der Waals surface area contributed by atoms with Crippen molar-refractivity contribution in [2.75, 3.05) is 18.1 Å². The second kappa shape index (κ2) is 3.71. The number of nitrogens with one attached hydrogen (secondary N) is 1. The van der Waals surface area contributed by atoms with Gasteiger partial charge in [-0.05, 0) is 26.7 Å². The van der Waals surface area contributed by atoms with E-state index in [1.54, 1.807) is 0 Å². The molecule has 0 bridgehead atoms. The van der Waals surface area contributed by atoms with Crippen LogP contribution in [0, 0.1) is 0 Å². The Morgan fingerprint density at radius 1 is 1.27 bits per heavy atom. The number of hydrogen-bond acceptors (Lipinski definition) is 4. The molecular weight excluding hydrogens is 214 g/mol. The van der Waals surface area contributed by atoms with Crippen LogP contribution in [0.3, 0.4) is 0 Å². The molecule has 2 rings (SSSR count). The second-order valence-electron chi connectivity index (χ2n) is 4.83. The largest absolute Gasteiger partial charge is 0.369 e. The summed E-state index contributed by atoms with van der Waals surface area (Å²) < 4.78 is 28.7. The van der Waals surface area contributed by atoms with Crippen LogP contribution in [0.2, 0.25) is 0 Å². The zero-order chi connectivity index (χ0) is 11.1. The van der Waals surface area contributed by atoms with Crippen LogP contribution in [0.4, 0.5) is 0 Å². The minimum Gasteiger partial charge on any atom is -0.369 e. The molecule has 0 amide bonds. The molecule has 0 aromatic carbocycles. The molecule has 2 aliphatic heterocycles. The first-order valence-corrected chi connectivity index (χ1v) is 7.36. The summed E-state index contributed by atoms with van der Waals surface area (Å²) in [4.78, 5) is 0. The zero-order valence-corrected chi connectivity index (χ0v) is 10.1. The number of morpholine rings is 1. The van der Waals surface area contributed by atoms with E-state index in [1.165, 1.54) is 0 Å². The van der Waals surface area contributed by atoms with Crippen LogP contribution < -0.4 is 5.32 Å². The minimum absolute atomic E-state index is 0.166. The predicted molar refractivity (Wildman–Crippen MR) is 58.6 cm³/mol. The fourth-order valence-corrected chi connectivity index (χ4v) is 3.83. The number of hydrogen-bond donors (Lipinski definition) is 1. The molecule has 2 fully saturated rings. The monoisotopic (exact) mass is 233 g/mol. The maximum atomic E-state index is 11.3. The van der Waals surface area contributed by atoms with Crippen LogP contribution in [0.1, 0.15) is 26.7 Å². The maximum Gasteiger partial charge on any atom is 0.150 e. The lowest BCUT2D eigenvalue weighted by Gasteiger charge is -2.45. The van der Waals surface area contributed by atoms with Crippen molar-refractivity contribution in [3.63, 3.8) is 0 Å². The van der Waals surface area contributed by atoms with E-state index in [0.717, 1.165) is 6.54 Å². The topological polar surface area (TPSA) is 55.4 Å². The van der Waals surface area contributed by atoms with E-state index in [-0.39, 0.29) is 23.2 Å². The van der Waals surface area contributed by atoms with Crippen molar-refractivity contribution in [2.24, 2.45) is 0 Å². The third kappa shape index (κ3) is 2.34.